The van der Waals surface area contributed by atoms with Crippen LogP contribution in [0.2, 0.25) is 13.3 Å². The molecule has 1 aromatic carbocycles. The standard InChI is InChI=1S/C8H7O2.3C4H9.Sn/c1-10-8(9)7-5-3-2-4-6-7;3*1-3-4-2;/h3-6H,1H3;3*1,3-4H2,2H3;. The Hall–Kier alpha value is -0.511. The first-order valence-electron chi connectivity index (χ1n) is 9.32. The third kappa shape index (κ3) is 6.13. The predicted molar refractivity (Wildman–Crippen MR) is 102 cm³/mol. The zero-order chi connectivity index (χ0) is 17.1. The molecule has 0 heterocycles. The second-order valence-corrected chi connectivity index (χ2v) is 19.9. The molecule has 0 amide bonds. The van der Waals surface area contributed by atoms with E-state index in [2.05, 4.69) is 32.9 Å². The fraction of sp³-hybridized carbons (Fsp3) is 0.650. The van der Waals surface area contributed by atoms with Crippen LogP contribution in [-0.2, 0) is 4.74 Å². The third-order valence-electron chi connectivity index (χ3n) is 4.95. The van der Waals surface area contributed by atoms with Crippen LogP contribution < -0.4 is 3.58 Å². The first-order chi connectivity index (χ1) is 11.1. The van der Waals surface area contributed by atoms with Gasteiger partial charge >= 0.3 is 147 Å². The van der Waals surface area contributed by atoms with E-state index in [0.29, 0.717) is 5.56 Å². The molecule has 1 rings (SSSR count). The Labute approximate surface area is 146 Å². The Morgan fingerprint density at radius 1 is 0.870 bits per heavy atom. The second-order valence-electron chi connectivity index (χ2n) is 6.66. The van der Waals surface area contributed by atoms with Crippen LogP contribution in [0.1, 0.15) is 69.7 Å². The Balaban J connectivity index is 3.09. The minimum absolute atomic E-state index is 0.229. The molecule has 0 aromatic heterocycles. The van der Waals surface area contributed by atoms with Crippen LogP contribution in [0.4, 0.5) is 0 Å². The second kappa shape index (κ2) is 11.1. The Morgan fingerprint density at radius 2 is 1.30 bits per heavy atom. The zero-order valence-electron chi connectivity index (χ0n) is 15.5. The summed E-state index contributed by atoms with van der Waals surface area (Å²) in [5.74, 6) is -0.229. The van der Waals surface area contributed by atoms with Crippen molar-refractivity contribution >= 4 is 27.9 Å². The van der Waals surface area contributed by atoms with Crippen LogP contribution >= 0.6 is 0 Å². The monoisotopic (exact) mass is 426 g/mol. The molecule has 0 aliphatic carbocycles. The number of ether oxygens (including phenoxy) is 1. The maximum atomic E-state index is 11.7. The average molecular weight is 425 g/mol. The molecule has 0 unspecified atom stereocenters. The van der Waals surface area contributed by atoms with Gasteiger partial charge in [0.05, 0.1) is 0 Å². The predicted octanol–water partition coefficient (Wildman–Crippen LogP) is 5.53. The van der Waals surface area contributed by atoms with Crippen molar-refractivity contribution in [3.63, 3.8) is 0 Å². The summed E-state index contributed by atoms with van der Waals surface area (Å²) >= 11 is -2.34. The van der Waals surface area contributed by atoms with E-state index < -0.39 is 18.4 Å². The number of esters is 1. The van der Waals surface area contributed by atoms with Gasteiger partial charge in [0.15, 0.2) is 0 Å². The summed E-state index contributed by atoms with van der Waals surface area (Å²) in [6.45, 7) is 6.91. The first kappa shape index (κ1) is 20.5. The Kier molecular flexibility index (Phi) is 9.92. The van der Waals surface area contributed by atoms with E-state index in [9.17, 15) is 4.79 Å². The van der Waals surface area contributed by atoms with Crippen LogP contribution in [0.15, 0.2) is 24.3 Å². The molecular weight excluding hydrogens is 391 g/mol. The van der Waals surface area contributed by atoms with Crippen molar-refractivity contribution < 1.29 is 9.53 Å². The van der Waals surface area contributed by atoms with Crippen LogP contribution in [0.3, 0.4) is 0 Å². The van der Waals surface area contributed by atoms with Gasteiger partial charge in [-0.05, 0) is 0 Å². The number of methoxy groups -OCH3 is 1. The molecule has 2 nitrogen and oxygen atoms in total. The molecule has 1 aromatic rings. The molecule has 23 heavy (non-hydrogen) atoms. The molecule has 0 saturated carbocycles. The number of unbranched alkanes of at least 4 members (excludes halogenated alkanes) is 3. The number of benzene rings is 1. The molecule has 3 heteroatoms. The number of carbonyl (C=O) groups is 1. The normalized spacial score (nSPS) is 11.5. The molecule has 0 aliphatic heterocycles. The molecule has 0 radical (unpaired) electrons. The van der Waals surface area contributed by atoms with E-state index in [1.54, 1.807) is 3.58 Å². The summed E-state index contributed by atoms with van der Waals surface area (Å²) in [5, 5.41) is 0. The Morgan fingerprint density at radius 3 is 1.65 bits per heavy atom. The van der Waals surface area contributed by atoms with Gasteiger partial charge in [-0.15, -0.1) is 0 Å². The fourth-order valence-corrected chi connectivity index (χ4v) is 19.4. The van der Waals surface area contributed by atoms with E-state index in [1.807, 2.05) is 12.1 Å². The van der Waals surface area contributed by atoms with Crippen molar-refractivity contribution in [1.29, 1.82) is 0 Å². The number of carbonyl (C=O) groups excluding carboxylic acids is 1. The van der Waals surface area contributed by atoms with Crippen molar-refractivity contribution in [1.82, 2.24) is 0 Å². The fourth-order valence-electron chi connectivity index (χ4n) is 3.43. The molecule has 130 valence electrons. The van der Waals surface area contributed by atoms with Crippen molar-refractivity contribution in [2.45, 2.75) is 72.6 Å². The van der Waals surface area contributed by atoms with Crippen molar-refractivity contribution in [3.8, 4) is 0 Å². The third-order valence-corrected chi connectivity index (χ3v) is 20.6. The number of rotatable bonds is 11. The van der Waals surface area contributed by atoms with Gasteiger partial charge in [0.1, 0.15) is 0 Å². The first-order valence-corrected chi connectivity index (χ1v) is 16.8. The van der Waals surface area contributed by atoms with Crippen LogP contribution in [0.25, 0.3) is 0 Å². The van der Waals surface area contributed by atoms with Gasteiger partial charge in [0.2, 0.25) is 0 Å². The van der Waals surface area contributed by atoms with Gasteiger partial charge in [0, 0.05) is 0 Å². The van der Waals surface area contributed by atoms with Gasteiger partial charge < -0.3 is 0 Å². The summed E-state index contributed by atoms with van der Waals surface area (Å²) in [6, 6.07) is 8.47. The summed E-state index contributed by atoms with van der Waals surface area (Å²) in [6.07, 6.45) is 7.96. The van der Waals surface area contributed by atoms with Gasteiger partial charge in [0.25, 0.3) is 0 Å². The van der Waals surface area contributed by atoms with Gasteiger partial charge in [-0.25, -0.2) is 0 Å². The topological polar surface area (TPSA) is 26.3 Å². The quantitative estimate of drug-likeness (QED) is 0.344. The number of hydrogen-bond donors (Lipinski definition) is 0. The minimum atomic E-state index is -2.34. The molecule has 0 N–H and O–H groups in total. The number of hydrogen-bond acceptors (Lipinski definition) is 2. The SMILES string of the molecule is CCC[CH2][Sn]([CH2]CCC)([CH2]CCC)[c]1ccc(C(=O)OC)cc1. The van der Waals surface area contributed by atoms with E-state index in [4.69, 9.17) is 4.74 Å². The summed E-state index contributed by atoms with van der Waals surface area (Å²) in [5.41, 5.74) is 0.679. The molecule has 0 spiro atoms. The van der Waals surface area contributed by atoms with Gasteiger partial charge in [-0.1, -0.05) is 0 Å². The van der Waals surface area contributed by atoms with E-state index in [-0.39, 0.29) is 5.97 Å². The molecular formula is C20H34O2Sn. The molecule has 0 bridgehead atoms. The molecule has 0 atom stereocenters. The van der Waals surface area contributed by atoms with Crippen molar-refractivity contribution in [2.24, 2.45) is 0 Å². The summed E-state index contributed by atoms with van der Waals surface area (Å²) in [4.78, 5) is 11.7. The summed E-state index contributed by atoms with van der Waals surface area (Å²) in [7, 11) is 1.45. The van der Waals surface area contributed by atoms with Crippen LogP contribution in [0.5, 0.6) is 0 Å². The summed E-state index contributed by atoms with van der Waals surface area (Å²) < 4.78 is 10.8. The average Bonchev–Trinajstić information content (AvgIpc) is 2.61. The molecule has 0 fully saturated rings. The maximum absolute atomic E-state index is 11.7. The molecule has 0 saturated heterocycles. The van der Waals surface area contributed by atoms with E-state index in [0.717, 1.165) is 0 Å². The van der Waals surface area contributed by atoms with Crippen molar-refractivity contribution in [2.75, 3.05) is 7.11 Å². The Bertz CT molecular complexity index is 431. The van der Waals surface area contributed by atoms with E-state index >= 15 is 0 Å². The molecule has 0 aliphatic rings. The van der Waals surface area contributed by atoms with E-state index in [1.165, 1.54) is 58.9 Å². The van der Waals surface area contributed by atoms with Gasteiger partial charge in [-0.3, -0.25) is 0 Å². The zero-order valence-corrected chi connectivity index (χ0v) is 18.3. The van der Waals surface area contributed by atoms with Crippen LogP contribution in [0, 0.1) is 0 Å². The van der Waals surface area contributed by atoms with Gasteiger partial charge in [-0.2, -0.15) is 0 Å². The van der Waals surface area contributed by atoms with Crippen molar-refractivity contribution in [3.05, 3.63) is 29.8 Å². The van der Waals surface area contributed by atoms with Crippen LogP contribution in [-0.4, -0.2) is 31.5 Å².